The molecule has 0 bridgehead atoms. The van der Waals surface area contributed by atoms with Crippen LogP contribution < -0.4 is 11.1 Å². The van der Waals surface area contributed by atoms with Crippen molar-refractivity contribution in [1.82, 2.24) is 10.2 Å². The third-order valence-electron chi connectivity index (χ3n) is 3.36. The van der Waals surface area contributed by atoms with Gasteiger partial charge in [0.2, 0.25) is 5.91 Å². The lowest BCUT2D eigenvalue weighted by atomic mass is 9.96. The van der Waals surface area contributed by atoms with Crippen molar-refractivity contribution in [3.63, 3.8) is 0 Å². The van der Waals surface area contributed by atoms with Gasteiger partial charge in [0, 0.05) is 25.9 Å². The molecule has 17 heavy (non-hydrogen) atoms. The third-order valence-corrected chi connectivity index (χ3v) is 3.77. The third kappa shape index (κ3) is 5.46. The predicted octanol–water partition coefficient (Wildman–Crippen LogP) is 0.757. The van der Waals surface area contributed by atoms with Crippen LogP contribution >= 0.6 is 12.2 Å². The quantitative estimate of drug-likeness (QED) is 0.714. The van der Waals surface area contributed by atoms with Gasteiger partial charge in [-0.15, -0.1) is 0 Å². The summed E-state index contributed by atoms with van der Waals surface area (Å²) in [6.07, 6.45) is 2.29. The predicted molar refractivity (Wildman–Crippen MR) is 73.8 cm³/mol. The lowest BCUT2D eigenvalue weighted by molar-refractivity contribution is -0.119. The van der Waals surface area contributed by atoms with Crippen molar-refractivity contribution >= 4 is 23.1 Å². The average molecular weight is 257 g/mol. The van der Waals surface area contributed by atoms with Crippen molar-refractivity contribution in [3.05, 3.63) is 0 Å². The second-order valence-electron chi connectivity index (χ2n) is 4.98. The van der Waals surface area contributed by atoms with Gasteiger partial charge < -0.3 is 16.0 Å². The summed E-state index contributed by atoms with van der Waals surface area (Å²) >= 11 is 4.98. The van der Waals surface area contributed by atoms with E-state index in [0.29, 0.717) is 10.9 Å². The number of rotatable bonds is 5. The first kappa shape index (κ1) is 14.4. The molecule has 1 fully saturated rings. The molecule has 1 aliphatic heterocycles. The monoisotopic (exact) mass is 257 g/mol. The zero-order valence-electron chi connectivity index (χ0n) is 10.7. The molecule has 0 aromatic carbocycles. The van der Waals surface area contributed by atoms with E-state index in [1.54, 1.807) is 6.92 Å². The van der Waals surface area contributed by atoms with Crippen molar-refractivity contribution in [1.29, 1.82) is 0 Å². The fourth-order valence-electron chi connectivity index (χ4n) is 2.14. The van der Waals surface area contributed by atoms with Gasteiger partial charge in [0.05, 0.1) is 4.99 Å². The van der Waals surface area contributed by atoms with Crippen molar-refractivity contribution in [2.24, 2.45) is 17.6 Å². The maximum absolute atomic E-state index is 10.8. The minimum atomic E-state index is 0.0644. The van der Waals surface area contributed by atoms with E-state index in [-0.39, 0.29) is 11.8 Å². The molecule has 1 amide bonds. The lowest BCUT2D eigenvalue weighted by Crippen LogP contribution is -2.41. The Hall–Kier alpha value is -0.680. The maximum atomic E-state index is 10.8. The Balaban J connectivity index is 2.21. The zero-order chi connectivity index (χ0) is 12.8. The van der Waals surface area contributed by atoms with Crippen LogP contribution in [0.4, 0.5) is 0 Å². The van der Waals surface area contributed by atoms with E-state index in [1.165, 1.54) is 0 Å². The molecule has 0 aromatic heterocycles. The summed E-state index contributed by atoms with van der Waals surface area (Å²) in [5, 5.41) is 2.89. The van der Waals surface area contributed by atoms with Crippen molar-refractivity contribution in [2.45, 2.75) is 26.7 Å². The summed E-state index contributed by atoms with van der Waals surface area (Å²) in [6.45, 7) is 7.58. The number of carbonyl (C=O) groups excluding carboxylic acids is 1. The van der Waals surface area contributed by atoms with Crippen molar-refractivity contribution < 1.29 is 4.79 Å². The minimum absolute atomic E-state index is 0.0644. The highest BCUT2D eigenvalue weighted by Crippen LogP contribution is 2.17. The van der Waals surface area contributed by atoms with E-state index < -0.39 is 0 Å². The summed E-state index contributed by atoms with van der Waals surface area (Å²) in [7, 11) is 0. The van der Waals surface area contributed by atoms with Crippen LogP contribution in [-0.4, -0.2) is 42.0 Å². The summed E-state index contributed by atoms with van der Waals surface area (Å²) in [4.78, 5) is 13.8. The second-order valence-corrected chi connectivity index (χ2v) is 5.46. The maximum Gasteiger partial charge on any atom is 0.216 e. The summed E-state index contributed by atoms with van der Waals surface area (Å²) in [6, 6.07) is 0. The van der Waals surface area contributed by atoms with Gasteiger partial charge in [-0.05, 0) is 31.8 Å². The van der Waals surface area contributed by atoms with Crippen LogP contribution in [0.1, 0.15) is 26.7 Å². The number of amides is 1. The van der Waals surface area contributed by atoms with Gasteiger partial charge in [0.15, 0.2) is 0 Å². The highest BCUT2D eigenvalue weighted by Gasteiger charge is 2.20. The Morgan fingerprint density at radius 2 is 2.12 bits per heavy atom. The summed E-state index contributed by atoms with van der Waals surface area (Å²) in [5.41, 5.74) is 5.62. The lowest BCUT2D eigenvalue weighted by Gasteiger charge is -2.33. The van der Waals surface area contributed by atoms with E-state index in [2.05, 4.69) is 17.1 Å². The van der Waals surface area contributed by atoms with Crippen LogP contribution in [0.3, 0.4) is 0 Å². The molecule has 0 saturated carbocycles. The Bertz CT molecular complexity index is 275. The highest BCUT2D eigenvalue weighted by atomic mass is 32.1. The van der Waals surface area contributed by atoms with Gasteiger partial charge in [-0.25, -0.2) is 0 Å². The number of carbonyl (C=O) groups is 1. The summed E-state index contributed by atoms with van der Waals surface area (Å²) < 4.78 is 0. The molecule has 1 unspecified atom stereocenters. The molecule has 0 spiro atoms. The molecule has 1 atom stereocenters. The smallest absolute Gasteiger partial charge is 0.216 e. The van der Waals surface area contributed by atoms with Gasteiger partial charge in [-0.2, -0.15) is 0 Å². The number of nitrogens with two attached hydrogens (primary N) is 1. The molecule has 3 N–H and O–H groups in total. The van der Waals surface area contributed by atoms with Gasteiger partial charge in [-0.3, -0.25) is 4.79 Å². The first-order valence-corrected chi connectivity index (χ1v) is 6.66. The topological polar surface area (TPSA) is 58.4 Å². The van der Waals surface area contributed by atoms with Gasteiger partial charge in [0.1, 0.15) is 0 Å². The molecule has 0 aromatic rings. The molecule has 1 aliphatic rings. The molecule has 5 heteroatoms. The molecule has 1 heterocycles. The Kier molecular flexibility index (Phi) is 5.85. The number of likely N-dealkylation sites (tertiary alicyclic amines) is 1. The first-order valence-electron chi connectivity index (χ1n) is 6.25. The van der Waals surface area contributed by atoms with E-state index in [4.69, 9.17) is 18.0 Å². The number of piperidine rings is 1. The van der Waals surface area contributed by atoms with Crippen LogP contribution in [0.2, 0.25) is 0 Å². The highest BCUT2D eigenvalue weighted by molar-refractivity contribution is 7.80. The fraction of sp³-hybridized carbons (Fsp3) is 0.833. The molecular weight excluding hydrogens is 234 g/mol. The van der Waals surface area contributed by atoms with Crippen molar-refractivity contribution in [3.8, 4) is 0 Å². The SMILES string of the molecule is CC(=O)NCC1CCN(CC(C)C(N)=S)CC1. The van der Waals surface area contributed by atoms with E-state index in [0.717, 1.165) is 39.0 Å². The van der Waals surface area contributed by atoms with E-state index in [9.17, 15) is 4.79 Å². The molecule has 0 radical (unpaired) electrons. The van der Waals surface area contributed by atoms with E-state index in [1.807, 2.05) is 0 Å². The molecule has 4 nitrogen and oxygen atoms in total. The number of nitrogens with zero attached hydrogens (tertiary/aromatic N) is 1. The molecule has 1 rings (SSSR count). The summed E-state index contributed by atoms with van der Waals surface area (Å²) in [5.74, 6) is 0.974. The Morgan fingerprint density at radius 1 is 1.53 bits per heavy atom. The number of thiocarbonyl (C=S) groups is 1. The van der Waals surface area contributed by atoms with Crippen LogP contribution in [0.5, 0.6) is 0 Å². The van der Waals surface area contributed by atoms with Crippen molar-refractivity contribution in [2.75, 3.05) is 26.2 Å². The first-order chi connectivity index (χ1) is 7.99. The molecule has 0 aliphatic carbocycles. The van der Waals surface area contributed by atoms with Gasteiger partial charge in [-0.1, -0.05) is 19.1 Å². The Morgan fingerprint density at radius 3 is 2.59 bits per heavy atom. The normalized spacial score (nSPS) is 19.9. The fourth-order valence-corrected chi connectivity index (χ4v) is 2.21. The van der Waals surface area contributed by atoms with Crippen LogP contribution in [0.25, 0.3) is 0 Å². The average Bonchev–Trinajstić information content (AvgIpc) is 2.28. The number of hydrogen-bond acceptors (Lipinski definition) is 3. The van der Waals surface area contributed by atoms with Crippen LogP contribution in [0, 0.1) is 11.8 Å². The standard InChI is InChI=1S/C12H23N3OS/c1-9(12(13)17)8-15-5-3-11(4-6-15)7-14-10(2)16/h9,11H,3-8H2,1-2H3,(H2,13,17)(H,14,16). The molecule has 98 valence electrons. The van der Waals surface area contributed by atoms with Crippen LogP contribution in [-0.2, 0) is 4.79 Å². The minimum Gasteiger partial charge on any atom is -0.393 e. The van der Waals surface area contributed by atoms with Gasteiger partial charge >= 0.3 is 0 Å². The zero-order valence-corrected chi connectivity index (χ0v) is 11.6. The van der Waals surface area contributed by atoms with E-state index >= 15 is 0 Å². The molecule has 1 saturated heterocycles. The second kappa shape index (κ2) is 6.91. The van der Waals surface area contributed by atoms with Gasteiger partial charge in [0.25, 0.3) is 0 Å². The number of nitrogens with one attached hydrogen (secondary N) is 1. The molecular formula is C12H23N3OS. The largest absolute Gasteiger partial charge is 0.393 e. The van der Waals surface area contributed by atoms with Crippen LogP contribution in [0.15, 0.2) is 0 Å². The number of hydrogen-bond donors (Lipinski definition) is 2. The Labute approximate surface area is 109 Å².